The van der Waals surface area contributed by atoms with E-state index in [2.05, 4.69) is 4.72 Å². The zero-order chi connectivity index (χ0) is 15.4. The van der Waals surface area contributed by atoms with Gasteiger partial charge >= 0.3 is 0 Å². The van der Waals surface area contributed by atoms with Crippen LogP contribution in [0.2, 0.25) is 0 Å². The average molecular weight is 309 g/mol. The monoisotopic (exact) mass is 309 g/mol. The van der Waals surface area contributed by atoms with Crippen molar-refractivity contribution < 1.29 is 27.0 Å². The molecule has 0 radical (unpaired) electrons. The van der Waals surface area contributed by atoms with Gasteiger partial charge in [0.2, 0.25) is 10.0 Å². The Morgan fingerprint density at radius 3 is 2.55 bits per heavy atom. The van der Waals surface area contributed by atoms with Crippen molar-refractivity contribution in [3.8, 4) is 0 Å². The molecule has 0 bridgehead atoms. The van der Waals surface area contributed by atoms with Gasteiger partial charge < -0.3 is 9.84 Å². The molecule has 1 unspecified atom stereocenters. The third kappa shape index (κ3) is 4.78. The Morgan fingerprint density at radius 2 is 2.00 bits per heavy atom. The van der Waals surface area contributed by atoms with Gasteiger partial charge in [-0.1, -0.05) is 0 Å². The molecule has 114 valence electrons. The lowest BCUT2D eigenvalue weighted by molar-refractivity contribution is 0.0292. The van der Waals surface area contributed by atoms with E-state index in [1.165, 1.54) is 14.0 Å². The van der Waals surface area contributed by atoms with E-state index in [-0.39, 0.29) is 19.6 Å². The minimum atomic E-state index is -4.02. The van der Waals surface area contributed by atoms with E-state index in [4.69, 9.17) is 4.74 Å². The van der Waals surface area contributed by atoms with Gasteiger partial charge in [-0.05, 0) is 25.1 Å². The van der Waals surface area contributed by atoms with Crippen molar-refractivity contribution in [2.75, 3.05) is 20.3 Å². The van der Waals surface area contributed by atoms with Crippen LogP contribution in [0.5, 0.6) is 0 Å². The Balaban J connectivity index is 2.77. The van der Waals surface area contributed by atoms with Crippen LogP contribution in [0.25, 0.3) is 0 Å². The van der Waals surface area contributed by atoms with Crippen molar-refractivity contribution in [2.24, 2.45) is 0 Å². The maximum Gasteiger partial charge on any atom is 0.240 e. The Hall–Kier alpha value is -1.09. The summed E-state index contributed by atoms with van der Waals surface area (Å²) in [6.07, 6.45) is 0.226. The van der Waals surface area contributed by atoms with Gasteiger partial charge in [0.1, 0.15) is 0 Å². The fraction of sp³-hybridized carbons (Fsp3) is 0.500. The molecule has 0 aliphatic heterocycles. The molecule has 1 aromatic rings. The van der Waals surface area contributed by atoms with Crippen LogP contribution in [0.3, 0.4) is 0 Å². The average Bonchev–Trinajstić information content (AvgIpc) is 2.37. The summed E-state index contributed by atoms with van der Waals surface area (Å²) in [5.74, 6) is -2.38. The highest BCUT2D eigenvalue weighted by molar-refractivity contribution is 7.89. The number of halogens is 2. The first-order valence-electron chi connectivity index (χ1n) is 5.84. The first kappa shape index (κ1) is 17.0. The SMILES string of the molecule is COCCC(C)(O)CNS(=O)(=O)c1ccc(F)c(F)c1. The first-order valence-corrected chi connectivity index (χ1v) is 7.32. The van der Waals surface area contributed by atoms with Crippen molar-refractivity contribution in [1.29, 1.82) is 0 Å². The number of benzene rings is 1. The molecule has 0 aliphatic rings. The Labute approximate surface area is 116 Å². The molecule has 0 saturated carbocycles. The summed E-state index contributed by atoms with van der Waals surface area (Å²) in [5, 5.41) is 9.91. The summed E-state index contributed by atoms with van der Waals surface area (Å²) >= 11 is 0. The fourth-order valence-electron chi connectivity index (χ4n) is 1.39. The van der Waals surface area contributed by atoms with E-state index in [1.807, 2.05) is 0 Å². The summed E-state index contributed by atoms with van der Waals surface area (Å²) in [6.45, 7) is 1.44. The van der Waals surface area contributed by atoms with Crippen molar-refractivity contribution in [2.45, 2.75) is 23.8 Å². The molecule has 20 heavy (non-hydrogen) atoms. The number of aliphatic hydroxyl groups is 1. The molecule has 0 spiro atoms. The molecule has 8 heteroatoms. The molecule has 0 heterocycles. The number of methoxy groups -OCH3 is 1. The first-order chi connectivity index (χ1) is 9.18. The van der Waals surface area contributed by atoms with E-state index in [9.17, 15) is 22.3 Å². The number of rotatable bonds is 7. The zero-order valence-electron chi connectivity index (χ0n) is 11.2. The molecule has 0 amide bonds. The summed E-state index contributed by atoms with van der Waals surface area (Å²) < 4.78 is 56.5. The van der Waals surface area contributed by atoms with Crippen LogP contribution >= 0.6 is 0 Å². The van der Waals surface area contributed by atoms with E-state index in [1.54, 1.807) is 0 Å². The van der Waals surface area contributed by atoms with Crippen LogP contribution in [0.15, 0.2) is 23.1 Å². The molecule has 1 rings (SSSR count). The molecule has 5 nitrogen and oxygen atoms in total. The van der Waals surface area contributed by atoms with E-state index < -0.39 is 32.2 Å². The second-order valence-electron chi connectivity index (χ2n) is 4.64. The quantitative estimate of drug-likeness (QED) is 0.789. The molecular weight excluding hydrogens is 292 g/mol. The Morgan fingerprint density at radius 1 is 1.35 bits per heavy atom. The maximum atomic E-state index is 13.0. The van der Waals surface area contributed by atoms with Gasteiger partial charge in [-0.25, -0.2) is 21.9 Å². The van der Waals surface area contributed by atoms with Gasteiger partial charge in [-0.3, -0.25) is 0 Å². The van der Waals surface area contributed by atoms with Gasteiger partial charge in [0.05, 0.1) is 10.5 Å². The van der Waals surface area contributed by atoms with Gasteiger partial charge in [0.25, 0.3) is 0 Å². The summed E-state index contributed by atoms with van der Waals surface area (Å²) in [4.78, 5) is -0.404. The normalized spacial score (nSPS) is 15.1. The minimum Gasteiger partial charge on any atom is -0.389 e. The van der Waals surface area contributed by atoms with Crippen LogP contribution in [0, 0.1) is 11.6 Å². The topological polar surface area (TPSA) is 75.6 Å². The van der Waals surface area contributed by atoms with Crippen LogP contribution in [0.1, 0.15) is 13.3 Å². The van der Waals surface area contributed by atoms with Gasteiger partial charge in [-0.2, -0.15) is 0 Å². The standard InChI is InChI=1S/C12H17F2NO4S/c1-12(16,5-6-19-2)8-15-20(17,18)9-3-4-10(13)11(14)7-9/h3-4,7,15-16H,5-6,8H2,1-2H3. The van der Waals surface area contributed by atoms with Crippen molar-refractivity contribution in [3.05, 3.63) is 29.8 Å². The second-order valence-corrected chi connectivity index (χ2v) is 6.41. The van der Waals surface area contributed by atoms with Gasteiger partial charge in [0, 0.05) is 26.7 Å². The van der Waals surface area contributed by atoms with Crippen molar-refractivity contribution >= 4 is 10.0 Å². The van der Waals surface area contributed by atoms with Crippen LogP contribution in [-0.2, 0) is 14.8 Å². The molecule has 1 atom stereocenters. The predicted octanol–water partition coefficient (Wildman–Crippen LogP) is 1.03. The van der Waals surface area contributed by atoms with Crippen LogP contribution in [-0.4, -0.2) is 39.4 Å². The van der Waals surface area contributed by atoms with Gasteiger partial charge in [0.15, 0.2) is 11.6 Å². The molecule has 0 aliphatic carbocycles. The number of hydrogen-bond donors (Lipinski definition) is 2. The Bertz CT molecular complexity index is 561. The Kier molecular flexibility index (Phi) is 5.58. The number of nitrogens with one attached hydrogen (secondary N) is 1. The zero-order valence-corrected chi connectivity index (χ0v) is 12.0. The van der Waals surface area contributed by atoms with Crippen molar-refractivity contribution in [1.82, 2.24) is 4.72 Å². The van der Waals surface area contributed by atoms with Crippen LogP contribution in [0.4, 0.5) is 8.78 Å². The second kappa shape index (κ2) is 6.57. The smallest absolute Gasteiger partial charge is 0.240 e. The summed E-state index contributed by atoms with van der Waals surface area (Å²) in [7, 11) is -2.56. The lowest BCUT2D eigenvalue weighted by atomic mass is 10.0. The van der Waals surface area contributed by atoms with Crippen LogP contribution < -0.4 is 4.72 Å². The van der Waals surface area contributed by atoms with Gasteiger partial charge in [-0.15, -0.1) is 0 Å². The third-order valence-corrected chi connectivity index (χ3v) is 4.09. The van der Waals surface area contributed by atoms with Crippen molar-refractivity contribution in [3.63, 3.8) is 0 Å². The lowest BCUT2D eigenvalue weighted by Crippen LogP contribution is -2.41. The highest BCUT2D eigenvalue weighted by Gasteiger charge is 2.24. The summed E-state index contributed by atoms with van der Waals surface area (Å²) in [6, 6.07) is 2.26. The molecule has 1 aromatic carbocycles. The van der Waals surface area contributed by atoms with E-state index in [0.29, 0.717) is 6.07 Å². The fourth-order valence-corrected chi connectivity index (χ4v) is 2.56. The number of hydrogen-bond acceptors (Lipinski definition) is 4. The molecule has 2 N–H and O–H groups in total. The number of ether oxygens (including phenoxy) is 1. The lowest BCUT2D eigenvalue weighted by Gasteiger charge is -2.23. The highest BCUT2D eigenvalue weighted by atomic mass is 32.2. The summed E-state index contributed by atoms with van der Waals surface area (Å²) in [5.41, 5.74) is -1.30. The third-order valence-electron chi connectivity index (χ3n) is 2.69. The molecular formula is C12H17F2NO4S. The predicted molar refractivity (Wildman–Crippen MR) is 68.7 cm³/mol. The largest absolute Gasteiger partial charge is 0.389 e. The van der Waals surface area contributed by atoms with E-state index >= 15 is 0 Å². The molecule has 0 aromatic heterocycles. The molecule has 0 fully saturated rings. The highest BCUT2D eigenvalue weighted by Crippen LogP contribution is 2.15. The maximum absolute atomic E-state index is 13.0. The molecule has 0 saturated heterocycles. The van der Waals surface area contributed by atoms with E-state index in [0.717, 1.165) is 12.1 Å². The number of sulfonamides is 1. The minimum absolute atomic E-state index is 0.226.